The summed E-state index contributed by atoms with van der Waals surface area (Å²) in [6.45, 7) is 6.94. The molecule has 1 unspecified atom stereocenters. The molecule has 0 spiro atoms. The van der Waals surface area contributed by atoms with Crippen LogP contribution in [0.2, 0.25) is 0 Å². The second-order valence-corrected chi connectivity index (χ2v) is 8.65. The molecule has 1 atom stereocenters. The van der Waals surface area contributed by atoms with Crippen LogP contribution in [0.1, 0.15) is 29.1 Å². The third kappa shape index (κ3) is 5.43. The number of benzene rings is 1. The second-order valence-electron chi connectivity index (χ2n) is 7.70. The van der Waals surface area contributed by atoms with Crippen molar-refractivity contribution in [1.82, 2.24) is 15.1 Å². The van der Waals surface area contributed by atoms with E-state index in [-0.39, 0.29) is 23.4 Å². The Morgan fingerprint density at radius 1 is 1.17 bits per heavy atom. The lowest BCUT2D eigenvalue weighted by Crippen LogP contribution is -2.56. The van der Waals surface area contributed by atoms with Gasteiger partial charge in [-0.05, 0) is 22.9 Å². The van der Waals surface area contributed by atoms with Gasteiger partial charge >= 0.3 is 0 Å². The van der Waals surface area contributed by atoms with Crippen molar-refractivity contribution in [3.05, 3.63) is 62.3 Å². The van der Waals surface area contributed by atoms with E-state index in [4.69, 9.17) is 0 Å². The third-order valence-corrected chi connectivity index (χ3v) is 6.04. The predicted octanol–water partition coefficient (Wildman–Crippen LogP) is 2.76. The van der Waals surface area contributed by atoms with Gasteiger partial charge in [0, 0.05) is 44.9 Å². The van der Waals surface area contributed by atoms with Crippen molar-refractivity contribution in [2.75, 3.05) is 26.2 Å². The van der Waals surface area contributed by atoms with Gasteiger partial charge < -0.3 is 10.2 Å². The summed E-state index contributed by atoms with van der Waals surface area (Å²) in [6.07, 6.45) is 0. The second kappa shape index (κ2) is 9.82. The molecule has 0 saturated carbocycles. The van der Waals surface area contributed by atoms with Crippen LogP contribution in [0.3, 0.4) is 0 Å². The molecule has 160 valence electrons. The zero-order chi connectivity index (χ0) is 21.7. The third-order valence-electron chi connectivity index (χ3n) is 5.18. The lowest BCUT2D eigenvalue weighted by atomic mass is 10.0. The molecular formula is C21H26N4O4S. The number of hydrogen-bond donors (Lipinski definition) is 1. The normalized spacial score (nSPS) is 15.8. The van der Waals surface area contributed by atoms with Gasteiger partial charge in [-0.2, -0.15) is 0 Å². The first-order chi connectivity index (χ1) is 14.3. The van der Waals surface area contributed by atoms with Crippen molar-refractivity contribution in [3.63, 3.8) is 0 Å². The molecule has 2 amide bonds. The molecule has 1 aromatic heterocycles. The van der Waals surface area contributed by atoms with Gasteiger partial charge in [0.2, 0.25) is 5.91 Å². The van der Waals surface area contributed by atoms with E-state index in [0.717, 1.165) is 5.56 Å². The molecule has 1 N–H and O–H groups in total. The highest BCUT2D eigenvalue weighted by Crippen LogP contribution is 2.17. The van der Waals surface area contributed by atoms with Crippen molar-refractivity contribution in [2.24, 2.45) is 5.92 Å². The number of rotatable bonds is 7. The maximum atomic E-state index is 13.1. The average molecular weight is 431 g/mol. The molecule has 1 aliphatic heterocycles. The number of nitro benzene ring substituents is 1. The molecule has 8 nitrogen and oxygen atoms in total. The Morgan fingerprint density at radius 2 is 1.90 bits per heavy atom. The maximum Gasteiger partial charge on any atom is 0.269 e. The number of thiophene rings is 1. The van der Waals surface area contributed by atoms with E-state index in [1.165, 1.54) is 17.4 Å². The minimum absolute atomic E-state index is 0.0238. The summed E-state index contributed by atoms with van der Waals surface area (Å²) in [6, 6.07) is 9.63. The summed E-state index contributed by atoms with van der Waals surface area (Å²) in [7, 11) is 0. The smallest absolute Gasteiger partial charge is 0.269 e. The van der Waals surface area contributed by atoms with Gasteiger partial charge in [0.1, 0.15) is 6.04 Å². The largest absolute Gasteiger partial charge is 0.339 e. The molecule has 1 aliphatic rings. The topological polar surface area (TPSA) is 95.8 Å². The molecule has 3 rings (SSSR count). The van der Waals surface area contributed by atoms with Gasteiger partial charge in [-0.25, -0.2) is 0 Å². The summed E-state index contributed by atoms with van der Waals surface area (Å²) in [5, 5.41) is 15.7. The maximum absolute atomic E-state index is 13.1. The zero-order valence-corrected chi connectivity index (χ0v) is 17.9. The first-order valence-electron chi connectivity index (χ1n) is 9.94. The van der Waals surface area contributed by atoms with Gasteiger partial charge in [0.25, 0.3) is 11.6 Å². The van der Waals surface area contributed by atoms with E-state index >= 15 is 0 Å². The van der Waals surface area contributed by atoms with Gasteiger partial charge in [-0.3, -0.25) is 24.6 Å². The van der Waals surface area contributed by atoms with Crippen LogP contribution in [-0.2, 0) is 11.3 Å². The average Bonchev–Trinajstić information content (AvgIpc) is 3.27. The van der Waals surface area contributed by atoms with Crippen LogP contribution >= 0.6 is 11.3 Å². The standard InChI is InChI=1S/C21H26N4O4S/c1-15(2)19(22-20(26)18-7-4-12-30-18)21(27)24-10-8-23(9-11-24)14-16-5-3-6-17(13-16)25(28)29/h3-7,12-13,15,19H,8-11,14H2,1-2H3,(H,22,26). The van der Waals surface area contributed by atoms with Crippen LogP contribution in [0.5, 0.6) is 0 Å². The summed E-state index contributed by atoms with van der Waals surface area (Å²) < 4.78 is 0. The quantitative estimate of drug-likeness (QED) is 0.538. The summed E-state index contributed by atoms with van der Waals surface area (Å²) in [5.41, 5.74) is 0.967. The highest BCUT2D eigenvalue weighted by Gasteiger charge is 2.31. The molecular weight excluding hydrogens is 404 g/mol. The van der Waals surface area contributed by atoms with E-state index < -0.39 is 11.0 Å². The first kappa shape index (κ1) is 21.9. The molecule has 0 bridgehead atoms. The van der Waals surface area contributed by atoms with Crippen molar-refractivity contribution >= 4 is 28.8 Å². The molecule has 1 saturated heterocycles. The van der Waals surface area contributed by atoms with Crippen LogP contribution in [0.25, 0.3) is 0 Å². The van der Waals surface area contributed by atoms with Gasteiger partial charge in [-0.15, -0.1) is 11.3 Å². The minimum Gasteiger partial charge on any atom is -0.339 e. The minimum atomic E-state index is -0.567. The lowest BCUT2D eigenvalue weighted by molar-refractivity contribution is -0.384. The highest BCUT2D eigenvalue weighted by atomic mass is 32.1. The molecule has 0 radical (unpaired) electrons. The Morgan fingerprint density at radius 3 is 2.50 bits per heavy atom. The molecule has 1 fully saturated rings. The summed E-state index contributed by atoms with van der Waals surface area (Å²) in [5.74, 6) is -0.310. The van der Waals surface area contributed by atoms with Crippen LogP contribution in [0.15, 0.2) is 41.8 Å². The lowest BCUT2D eigenvalue weighted by Gasteiger charge is -2.37. The molecule has 30 heavy (non-hydrogen) atoms. The van der Waals surface area contributed by atoms with E-state index in [0.29, 0.717) is 37.6 Å². The number of nitrogens with one attached hydrogen (secondary N) is 1. The fourth-order valence-corrected chi connectivity index (χ4v) is 4.11. The van der Waals surface area contributed by atoms with Crippen LogP contribution in [-0.4, -0.2) is 58.8 Å². The van der Waals surface area contributed by atoms with Gasteiger partial charge in [0.15, 0.2) is 0 Å². The van der Waals surface area contributed by atoms with Gasteiger partial charge in [-0.1, -0.05) is 32.0 Å². The number of amides is 2. The van der Waals surface area contributed by atoms with Crippen LogP contribution in [0.4, 0.5) is 5.69 Å². The Hall–Kier alpha value is -2.78. The van der Waals surface area contributed by atoms with E-state index in [1.807, 2.05) is 31.4 Å². The Labute approximate surface area is 179 Å². The monoisotopic (exact) mass is 430 g/mol. The van der Waals surface area contributed by atoms with Gasteiger partial charge in [0.05, 0.1) is 9.80 Å². The molecule has 1 aromatic carbocycles. The fraction of sp³-hybridized carbons (Fsp3) is 0.429. The number of hydrogen-bond acceptors (Lipinski definition) is 6. The number of piperazine rings is 1. The number of nitro groups is 1. The molecule has 2 heterocycles. The number of carbonyl (C=O) groups is 2. The SMILES string of the molecule is CC(C)C(NC(=O)c1cccs1)C(=O)N1CCN(Cc2cccc([N+](=O)[O-])c2)CC1. The van der Waals surface area contributed by atoms with Crippen LogP contribution < -0.4 is 5.32 Å². The molecule has 2 aromatic rings. The van der Waals surface area contributed by atoms with E-state index in [9.17, 15) is 19.7 Å². The number of non-ortho nitro benzene ring substituents is 1. The Balaban J connectivity index is 1.56. The van der Waals surface area contributed by atoms with Crippen molar-refractivity contribution in [3.8, 4) is 0 Å². The summed E-state index contributed by atoms with van der Waals surface area (Å²) >= 11 is 1.35. The number of carbonyl (C=O) groups excluding carboxylic acids is 2. The van der Waals surface area contributed by atoms with Crippen molar-refractivity contribution in [1.29, 1.82) is 0 Å². The van der Waals surface area contributed by atoms with E-state index in [1.54, 1.807) is 23.1 Å². The Bertz CT molecular complexity index is 892. The van der Waals surface area contributed by atoms with Crippen LogP contribution in [0, 0.1) is 16.0 Å². The van der Waals surface area contributed by atoms with Crippen molar-refractivity contribution in [2.45, 2.75) is 26.4 Å². The number of nitrogens with zero attached hydrogens (tertiary/aromatic N) is 3. The van der Waals surface area contributed by atoms with Crippen molar-refractivity contribution < 1.29 is 14.5 Å². The predicted molar refractivity (Wildman–Crippen MR) is 115 cm³/mol. The zero-order valence-electron chi connectivity index (χ0n) is 17.1. The van der Waals surface area contributed by atoms with E-state index in [2.05, 4.69) is 10.2 Å². The molecule has 0 aliphatic carbocycles. The molecule has 9 heteroatoms. The Kier molecular flexibility index (Phi) is 7.17. The summed E-state index contributed by atoms with van der Waals surface area (Å²) in [4.78, 5) is 40.6. The first-order valence-corrected chi connectivity index (χ1v) is 10.8. The highest BCUT2D eigenvalue weighted by molar-refractivity contribution is 7.12. The fourth-order valence-electron chi connectivity index (χ4n) is 3.48.